The van der Waals surface area contributed by atoms with Crippen LogP contribution in [0.25, 0.3) is 0 Å². The maximum atomic E-state index is 12.1. The van der Waals surface area contributed by atoms with Crippen LogP contribution in [0.5, 0.6) is 0 Å². The fraction of sp³-hybridized carbons (Fsp3) is 0.692. The minimum absolute atomic E-state index is 0.183. The molecule has 0 radical (unpaired) electrons. The summed E-state index contributed by atoms with van der Waals surface area (Å²) in [7, 11) is -3.36. The number of halogens is 1. The largest absolute Gasteiger partial charge is 0.250 e. The number of rotatable bonds is 8. The van der Waals surface area contributed by atoms with Crippen molar-refractivity contribution in [3.05, 3.63) is 17.0 Å². The van der Waals surface area contributed by atoms with Crippen LogP contribution < -0.4 is 4.72 Å². The highest BCUT2D eigenvalue weighted by atomic mass is 79.9. The van der Waals surface area contributed by atoms with Gasteiger partial charge in [0.2, 0.25) is 10.0 Å². The van der Waals surface area contributed by atoms with Gasteiger partial charge in [0.15, 0.2) is 0 Å². The van der Waals surface area contributed by atoms with Crippen molar-refractivity contribution < 1.29 is 8.42 Å². The summed E-state index contributed by atoms with van der Waals surface area (Å²) >= 11 is 4.93. The molecule has 110 valence electrons. The molecule has 1 heterocycles. The molecule has 1 rings (SSSR count). The van der Waals surface area contributed by atoms with E-state index in [4.69, 9.17) is 0 Å². The van der Waals surface area contributed by atoms with Crippen molar-refractivity contribution in [2.75, 3.05) is 6.54 Å². The van der Waals surface area contributed by atoms with Gasteiger partial charge in [0.1, 0.15) is 4.21 Å². The van der Waals surface area contributed by atoms with Crippen molar-refractivity contribution in [2.24, 2.45) is 5.92 Å². The van der Waals surface area contributed by atoms with E-state index >= 15 is 0 Å². The lowest BCUT2D eigenvalue weighted by Crippen LogP contribution is -2.32. The summed E-state index contributed by atoms with van der Waals surface area (Å²) < 4.78 is 27.4. The summed E-state index contributed by atoms with van der Waals surface area (Å²) in [5.74, 6) is 0.497. The Morgan fingerprint density at radius 3 is 2.37 bits per heavy atom. The Bertz CT molecular complexity index is 481. The van der Waals surface area contributed by atoms with E-state index in [0.29, 0.717) is 16.7 Å². The van der Waals surface area contributed by atoms with Gasteiger partial charge in [-0.05, 0) is 24.5 Å². The SMILES string of the molecule is CCc1ccc(S(=O)(=O)NCC(Br)C(CC)CC)s1. The number of aryl methyl sites for hydroxylation is 1. The molecule has 0 aliphatic heterocycles. The van der Waals surface area contributed by atoms with E-state index < -0.39 is 10.0 Å². The number of thiophene rings is 1. The van der Waals surface area contributed by atoms with E-state index in [-0.39, 0.29) is 4.83 Å². The zero-order valence-electron chi connectivity index (χ0n) is 11.6. The average Bonchev–Trinajstić information content (AvgIpc) is 2.87. The lowest BCUT2D eigenvalue weighted by molar-refractivity contribution is 0.471. The first-order chi connectivity index (χ1) is 8.94. The summed E-state index contributed by atoms with van der Waals surface area (Å²) in [4.78, 5) is 1.28. The minimum Gasteiger partial charge on any atom is -0.209 e. The van der Waals surface area contributed by atoms with E-state index in [0.717, 1.165) is 24.1 Å². The Morgan fingerprint density at radius 1 is 1.26 bits per heavy atom. The van der Waals surface area contributed by atoms with Gasteiger partial charge in [-0.2, -0.15) is 0 Å². The number of nitrogens with one attached hydrogen (secondary N) is 1. The van der Waals surface area contributed by atoms with Crippen LogP contribution in [0.15, 0.2) is 16.3 Å². The Labute approximate surface area is 129 Å². The van der Waals surface area contributed by atoms with Crippen molar-refractivity contribution in [1.82, 2.24) is 4.72 Å². The molecular weight excluding hydrogens is 346 g/mol. The third-order valence-corrected chi connectivity index (χ3v) is 7.50. The lowest BCUT2D eigenvalue weighted by atomic mass is 10.00. The molecule has 6 heteroatoms. The molecule has 1 atom stereocenters. The van der Waals surface area contributed by atoms with Gasteiger partial charge in [-0.1, -0.05) is 49.5 Å². The van der Waals surface area contributed by atoms with Gasteiger partial charge in [-0.25, -0.2) is 13.1 Å². The molecule has 0 spiro atoms. The van der Waals surface area contributed by atoms with Gasteiger partial charge >= 0.3 is 0 Å². The molecule has 0 aliphatic carbocycles. The molecule has 0 aliphatic rings. The first-order valence-corrected chi connectivity index (χ1v) is 9.88. The monoisotopic (exact) mass is 367 g/mol. The Balaban J connectivity index is 2.65. The molecule has 19 heavy (non-hydrogen) atoms. The zero-order chi connectivity index (χ0) is 14.5. The minimum atomic E-state index is -3.36. The van der Waals surface area contributed by atoms with Crippen molar-refractivity contribution in [2.45, 2.75) is 49.1 Å². The first kappa shape index (κ1) is 17.1. The molecule has 1 unspecified atom stereocenters. The third kappa shape index (κ3) is 4.85. The highest BCUT2D eigenvalue weighted by Crippen LogP contribution is 2.23. The van der Waals surface area contributed by atoms with Gasteiger partial charge in [-0.15, -0.1) is 11.3 Å². The smallest absolute Gasteiger partial charge is 0.209 e. The van der Waals surface area contributed by atoms with Crippen LogP contribution in [0, 0.1) is 5.92 Å². The molecule has 3 nitrogen and oxygen atoms in total. The number of hydrogen-bond acceptors (Lipinski definition) is 3. The molecule has 1 N–H and O–H groups in total. The second kappa shape index (κ2) is 7.76. The molecular formula is C13H22BrNO2S2. The van der Waals surface area contributed by atoms with E-state index in [1.54, 1.807) is 6.07 Å². The Hall–Kier alpha value is 0.0900. The molecule has 0 amide bonds. The maximum Gasteiger partial charge on any atom is 0.250 e. The third-order valence-electron chi connectivity index (χ3n) is 3.28. The van der Waals surface area contributed by atoms with Gasteiger partial charge in [0.25, 0.3) is 0 Å². The van der Waals surface area contributed by atoms with Crippen LogP contribution in [0.2, 0.25) is 0 Å². The van der Waals surface area contributed by atoms with Crippen molar-refractivity contribution >= 4 is 37.3 Å². The van der Waals surface area contributed by atoms with Crippen LogP contribution in [0.1, 0.15) is 38.5 Å². The van der Waals surface area contributed by atoms with Crippen LogP contribution in [-0.4, -0.2) is 19.8 Å². The molecule has 0 bridgehead atoms. The number of sulfonamides is 1. The summed E-state index contributed by atoms with van der Waals surface area (Å²) in [5.41, 5.74) is 0. The topological polar surface area (TPSA) is 46.2 Å². The van der Waals surface area contributed by atoms with E-state index in [9.17, 15) is 8.42 Å². The highest BCUT2D eigenvalue weighted by molar-refractivity contribution is 9.09. The lowest BCUT2D eigenvalue weighted by Gasteiger charge is -2.19. The molecule has 1 aromatic heterocycles. The standard InChI is InChI=1S/C13H22BrNO2S2/c1-4-10(5-2)12(14)9-15-19(16,17)13-8-7-11(6-3)18-13/h7-8,10,12,15H,4-6,9H2,1-3H3. The van der Waals surface area contributed by atoms with Crippen LogP contribution >= 0.6 is 27.3 Å². The maximum absolute atomic E-state index is 12.1. The van der Waals surface area contributed by atoms with E-state index in [2.05, 4.69) is 34.5 Å². The molecule has 0 fully saturated rings. The normalized spacial score (nSPS) is 13.9. The summed E-state index contributed by atoms with van der Waals surface area (Å²) in [6.07, 6.45) is 2.97. The first-order valence-electron chi connectivity index (χ1n) is 6.67. The zero-order valence-corrected chi connectivity index (χ0v) is 14.9. The molecule has 0 saturated carbocycles. The second-order valence-corrected chi connectivity index (χ2v) is 8.86. The Kier molecular flexibility index (Phi) is 7.00. The van der Waals surface area contributed by atoms with Gasteiger partial charge in [-0.3, -0.25) is 0 Å². The van der Waals surface area contributed by atoms with Crippen LogP contribution in [0.3, 0.4) is 0 Å². The van der Waals surface area contributed by atoms with Gasteiger partial charge < -0.3 is 0 Å². The number of alkyl halides is 1. The van der Waals surface area contributed by atoms with Gasteiger partial charge in [0.05, 0.1) is 0 Å². The van der Waals surface area contributed by atoms with Crippen molar-refractivity contribution in [3.8, 4) is 0 Å². The quantitative estimate of drug-likeness (QED) is 0.710. The summed E-state index contributed by atoms with van der Waals surface area (Å²) in [6.45, 7) is 6.72. The predicted octanol–water partition coefficient (Wildman–Crippen LogP) is 3.79. The summed E-state index contributed by atoms with van der Waals surface area (Å²) in [5, 5.41) is 0. The fourth-order valence-corrected chi connectivity index (χ4v) is 5.44. The summed E-state index contributed by atoms with van der Waals surface area (Å²) in [6, 6.07) is 3.57. The number of hydrogen-bond donors (Lipinski definition) is 1. The van der Waals surface area contributed by atoms with Crippen molar-refractivity contribution in [1.29, 1.82) is 0 Å². The molecule has 1 aromatic rings. The average molecular weight is 368 g/mol. The van der Waals surface area contributed by atoms with E-state index in [1.165, 1.54) is 11.3 Å². The molecule has 0 saturated heterocycles. The fourth-order valence-electron chi connectivity index (χ4n) is 1.92. The highest BCUT2D eigenvalue weighted by Gasteiger charge is 2.21. The van der Waals surface area contributed by atoms with Gasteiger partial charge in [0, 0.05) is 16.2 Å². The second-order valence-electron chi connectivity index (χ2n) is 4.52. The van der Waals surface area contributed by atoms with Crippen LogP contribution in [-0.2, 0) is 16.4 Å². The van der Waals surface area contributed by atoms with Crippen LogP contribution in [0.4, 0.5) is 0 Å². The predicted molar refractivity (Wildman–Crippen MR) is 85.7 cm³/mol. The van der Waals surface area contributed by atoms with Crippen molar-refractivity contribution in [3.63, 3.8) is 0 Å². The molecule has 0 aromatic carbocycles. The Morgan fingerprint density at radius 2 is 1.89 bits per heavy atom. The van der Waals surface area contributed by atoms with E-state index in [1.807, 2.05) is 13.0 Å².